The van der Waals surface area contributed by atoms with Gasteiger partial charge in [0.05, 0.1) is 18.7 Å². The minimum atomic E-state index is -0.218. The summed E-state index contributed by atoms with van der Waals surface area (Å²) in [6.07, 6.45) is 0. The van der Waals surface area contributed by atoms with E-state index in [-0.39, 0.29) is 23.8 Å². The number of rotatable bonds is 7. The topological polar surface area (TPSA) is 44.8 Å². The van der Waals surface area contributed by atoms with E-state index in [1.165, 1.54) is 17.0 Å². The van der Waals surface area contributed by atoms with Gasteiger partial charge in [-0.2, -0.15) is 0 Å². The number of ether oxygens (including phenoxy) is 1. The Balaban J connectivity index is 1.47. The van der Waals surface area contributed by atoms with Crippen molar-refractivity contribution in [3.63, 3.8) is 0 Å². The maximum atomic E-state index is 13.3. The molecule has 7 heteroatoms. The Bertz CT molecular complexity index is 1020. The highest BCUT2D eigenvalue weighted by Gasteiger charge is 2.31. The molecule has 1 amide bonds. The molecule has 1 N–H and O–H groups in total. The number of nitrogens with one attached hydrogen (secondary N) is 1. The molecular weight excluding hydrogens is 425 g/mol. The second kappa shape index (κ2) is 10.1. The molecule has 3 aromatic rings. The van der Waals surface area contributed by atoms with Crippen LogP contribution in [-0.4, -0.2) is 50.1 Å². The number of hydrogen-bond acceptors (Lipinski definition) is 5. The van der Waals surface area contributed by atoms with Crippen LogP contribution in [0.4, 0.5) is 10.1 Å². The van der Waals surface area contributed by atoms with Crippen molar-refractivity contribution in [2.45, 2.75) is 19.0 Å². The van der Waals surface area contributed by atoms with E-state index in [1.807, 2.05) is 24.3 Å². The third-order valence-corrected chi connectivity index (χ3v) is 6.86. The van der Waals surface area contributed by atoms with Crippen LogP contribution in [0.3, 0.4) is 0 Å². The summed E-state index contributed by atoms with van der Waals surface area (Å²) in [5, 5.41) is 5.27. The third-order valence-electron chi connectivity index (χ3n) is 5.92. The number of amides is 1. The number of benzene rings is 2. The fourth-order valence-corrected chi connectivity index (χ4v) is 5.27. The van der Waals surface area contributed by atoms with Crippen LogP contribution >= 0.6 is 11.3 Å². The van der Waals surface area contributed by atoms with E-state index in [0.29, 0.717) is 11.3 Å². The lowest BCUT2D eigenvalue weighted by Crippen LogP contribution is -2.52. The molecule has 4 rings (SSSR count). The number of piperazine rings is 1. The first-order valence-corrected chi connectivity index (χ1v) is 11.7. The van der Waals surface area contributed by atoms with Crippen LogP contribution in [0.1, 0.15) is 28.2 Å². The van der Waals surface area contributed by atoms with Crippen LogP contribution in [0.5, 0.6) is 5.75 Å². The second-order valence-electron chi connectivity index (χ2n) is 7.92. The summed E-state index contributed by atoms with van der Waals surface area (Å²) in [6.45, 7) is 5.47. The highest BCUT2D eigenvalue weighted by atomic mass is 32.1. The first-order valence-electron chi connectivity index (χ1n) is 10.8. The van der Waals surface area contributed by atoms with Gasteiger partial charge in [-0.15, -0.1) is 11.3 Å². The molecule has 168 valence electrons. The van der Waals surface area contributed by atoms with Gasteiger partial charge in [0.2, 0.25) is 0 Å². The normalized spacial score (nSPS) is 16.4. The van der Waals surface area contributed by atoms with Gasteiger partial charge in [-0.3, -0.25) is 9.69 Å². The molecule has 0 saturated carbocycles. The first kappa shape index (κ1) is 22.3. The summed E-state index contributed by atoms with van der Waals surface area (Å²) in [7, 11) is 1.57. The zero-order valence-electron chi connectivity index (χ0n) is 18.3. The van der Waals surface area contributed by atoms with E-state index in [9.17, 15) is 9.18 Å². The average molecular weight is 454 g/mol. The van der Waals surface area contributed by atoms with E-state index < -0.39 is 0 Å². The fraction of sp³-hybridized carbons (Fsp3) is 0.320. The van der Waals surface area contributed by atoms with Gasteiger partial charge in [-0.1, -0.05) is 18.2 Å². The molecule has 0 aliphatic carbocycles. The van der Waals surface area contributed by atoms with Crippen molar-refractivity contribution < 1.29 is 13.9 Å². The molecule has 2 heterocycles. The predicted molar refractivity (Wildman–Crippen MR) is 127 cm³/mol. The van der Waals surface area contributed by atoms with Gasteiger partial charge < -0.3 is 15.0 Å². The molecule has 1 saturated heterocycles. The van der Waals surface area contributed by atoms with Gasteiger partial charge in [-0.25, -0.2) is 4.39 Å². The quantitative estimate of drug-likeness (QED) is 0.569. The van der Waals surface area contributed by atoms with Crippen molar-refractivity contribution in [1.82, 2.24) is 10.2 Å². The van der Waals surface area contributed by atoms with E-state index in [0.717, 1.165) is 31.9 Å². The molecule has 0 spiro atoms. The Labute approximate surface area is 192 Å². The van der Waals surface area contributed by atoms with E-state index in [4.69, 9.17) is 4.74 Å². The number of nitrogens with zero attached hydrogens (tertiary/aromatic N) is 2. The number of thiophene rings is 1. The number of anilines is 1. The Hall–Kier alpha value is -2.90. The van der Waals surface area contributed by atoms with Crippen molar-refractivity contribution in [2.24, 2.45) is 0 Å². The smallest absolute Gasteiger partial charge is 0.255 e. The molecule has 1 aliphatic heterocycles. The number of carbonyl (C=O) groups excluding carboxylic acids is 1. The number of carbonyl (C=O) groups is 1. The summed E-state index contributed by atoms with van der Waals surface area (Å²) in [5.41, 5.74) is 1.57. The average Bonchev–Trinajstić information content (AvgIpc) is 3.34. The highest BCUT2D eigenvalue weighted by Crippen LogP contribution is 2.31. The highest BCUT2D eigenvalue weighted by molar-refractivity contribution is 7.10. The SMILES string of the molecule is COc1ccccc1C(=O)N[C@H](C)[C@@H](c1cccs1)N1CCN(c2ccc(F)cc2)CC1. The van der Waals surface area contributed by atoms with Crippen molar-refractivity contribution in [1.29, 1.82) is 0 Å². The Morgan fingerprint density at radius 1 is 1.03 bits per heavy atom. The monoisotopic (exact) mass is 453 g/mol. The Morgan fingerprint density at radius 3 is 2.41 bits per heavy atom. The van der Waals surface area contributed by atoms with Crippen LogP contribution < -0.4 is 15.0 Å². The van der Waals surface area contributed by atoms with E-state index in [2.05, 4.69) is 39.6 Å². The number of methoxy groups -OCH3 is 1. The lowest BCUT2D eigenvalue weighted by molar-refractivity contribution is 0.0887. The van der Waals surface area contributed by atoms with Crippen molar-refractivity contribution >= 4 is 22.9 Å². The summed E-state index contributed by atoms with van der Waals surface area (Å²) in [6, 6.07) is 18.1. The Morgan fingerprint density at radius 2 is 1.75 bits per heavy atom. The number of halogens is 1. The standard InChI is InChI=1S/C25H28FN3O2S/c1-18(27-25(30)21-6-3-4-7-22(21)31-2)24(23-8-5-17-32-23)29-15-13-28(14-16-29)20-11-9-19(26)10-12-20/h3-12,17-18,24H,13-16H2,1-2H3,(H,27,30)/t18-,24+/m1/s1. The van der Waals surface area contributed by atoms with Gasteiger partial charge in [0, 0.05) is 42.8 Å². The van der Waals surface area contributed by atoms with Crippen LogP contribution in [0.2, 0.25) is 0 Å². The van der Waals surface area contributed by atoms with Crippen molar-refractivity contribution in [3.8, 4) is 5.75 Å². The third kappa shape index (κ3) is 4.95. The lowest BCUT2D eigenvalue weighted by Gasteiger charge is -2.42. The maximum absolute atomic E-state index is 13.3. The number of hydrogen-bond donors (Lipinski definition) is 1. The van der Waals surface area contributed by atoms with Crippen LogP contribution in [-0.2, 0) is 0 Å². The summed E-state index contributed by atoms with van der Waals surface area (Å²) in [4.78, 5) is 18.9. The minimum absolute atomic E-state index is 0.0732. The van der Waals surface area contributed by atoms with Crippen LogP contribution in [0, 0.1) is 5.82 Å². The molecular formula is C25H28FN3O2S. The van der Waals surface area contributed by atoms with Gasteiger partial charge in [0.25, 0.3) is 5.91 Å². The molecule has 1 aliphatic rings. The van der Waals surface area contributed by atoms with Gasteiger partial charge >= 0.3 is 0 Å². The van der Waals surface area contributed by atoms with Gasteiger partial charge in [-0.05, 0) is 54.8 Å². The molecule has 0 radical (unpaired) electrons. The van der Waals surface area contributed by atoms with E-state index in [1.54, 1.807) is 30.6 Å². The fourth-order valence-electron chi connectivity index (χ4n) is 4.31. The molecule has 2 atom stereocenters. The second-order valence-corrected chi connectivity index (χ2v) is 8.90. The predicted octanol–water partition coefficient (Wildman–Crippen LogP) is 4.58. The molecule has 1 aromatic heterocycles. The van der Waals surface area contributed by atoms with Crippen LogP contribution in [0.15, 0.2) is 66.0 Å². The molecule has 1 fully saturated rings. The van der Waals surface area contributed by atoms with Crippen LogP contribution in [0.25, 0.3) is 0 Å². The Kier molecular flexibility index (Phi) is 7.07. The molecule has 2 aromatic carbocycles. The van der Waals surface area contributed by atoms with Gasteiger partial charge in [0.1, 0.15) is 11.6 Å². The van der Waals surface area contributed by atoms with Crippen molar-refractivity contribution in [2.75, 3.05) is 38.2 Å². The summed E-state index contributed by atoms with van der Waals surface area (Å²) >= 11 is 1.71. The largest absolute Gasteiger partial charge is 0.496 e. The zero-order valence-corrected chi connectivity index (χ0v) is 19.1. The first-order chi connectivity index (χ1) is 15.6. The van der Waals surface area contributed by atoms with Crippen molar-refractivity contribution in [3.05, 3.63) is 82.3 Å². The molecule has 0 bridgehead atoms. The molecule has 32 heavy (non-hydrogen) atoms. The summed E-state index contributed by atoms with van der Waals surface area (Å²) in [5.74, 6) is 0.212. The maximum Gasteiger partial charge on any atom is 0.255 e. The number of para-hydroxylation sites is 1. The molecule has 5 nitrogen and oxygen atoms in total. The van der Waals surface area contributed by atoms with Gasteiger partial charge in [0.15, 0.2) is 0 Å². The minimum Gasteiger partial charge on any atom is -0.496 e. The summed E-state index contributed by atoms with van der Waals surface area (Å²) < 4.78 is 18.6. The lowest BCUT2D eigenvalue weighted by atomic mass is 10.0. The zero-order chi connectivity index (χ0) is 22.5. The van der Waals surface area contributed by atoms with E-state index >= 15 is 0 Å². The molecule has 0 unspecified atom stereocenters.